The molecule has 2 amide bonds. The highest BCUT2D eigenvalue weighted by atomic mass is 32.2. The number of piperidine rings is 1. The molecular weight excluding hydrogens is 414 g/mol. The fraction of sp³-hybridized carbons (Fsp3) is 0.455. The maximum atomic E-state index is 13.5. The Kier molecular flexibility index (Phi) is 6.91. The number of nitrogens with zero attached hydrogens (tertiary/aromatic N) is 4. The number of rotatable bonds is 6. The summed E-state index contributed by atoms with van der Waals surface area (Å²) in [6, 6.07) is 7.96. The van der Waals surface area contributed by atoms with Crippen molar-refractivity contribution in [1.29, 1.82) is 5.26 Å². The number of likely N-dealkylation sites (tertiary alicyclic amines) is 1. The zero-order valence-electron chi connectivity index (χ0n) is 17.6. The van der Waals surface area contributed by atoms with E-state index in [0.717, 1.165) is 6.42 Å². The molecule has 0 radical (unpaired) electrons. The van der Waals surface area contributed by atoms with Crippen LogP contribution in [-0.2, 0) is 9.84 Å². The Balaban J connectivity index is 1.70. The van der Waals surface area contributed by atoms with E-state index < -0.39 is 14.6 Å². The van der Waals surface area contributed by atoms with Crippen LogP contribution in [0.3, 0.4) is 0 Å². The number of benzene rings is 1. The topological polar surface area (TPSA) is 115 Å². The summed E-state index contributed by atoms with van der Waals surface area (Å²) in [5.41, 5.74) is 0.966. The molecule has 2 aliphatic rings. The van der Waals surface area contributed by atoms with Gasteiger partial charge in [0.05, 0.1) is 33.2 Å². The summed E-state index contributed by atoms with van der Waals surface area (Å²) >= 11 is 0. The number of amides is 2. The molecule has 31 heavy (non-hydrogen) atoms. The molecular formula is C22H27N5O3S. The van der Waals surface area contributed by atoms with Crippen molar-refractivity contribution in [3.8, 4) is 6.07 Å². The molecule has 1 saturated heterocycles. The van der Waals surface area contributed by atoms with E-state index in [9.17, 15) is 13.2 Å². The van der Waals surface area contributed by atoms with Crippen molar-refractivity contribution in [2.24, 2.45) is 16.1 Å². The molecule has 1 aromatic rings. The lowest BCUT2D eigenvalue weighted by Crippen LogP contribution is -2.55. The highest BCUT2D eigenvalue weighted by Gasteiger charge is 2.55. The molecule has 1 N–H and O–H groups in total. The molecule has 1 aromatic carbocycles. The van der Waals surface area contributed by atoms with Crippen LogP contribution in [0.2, 0.25) is 0 Å². The molecule has 0 atom stereocenters. The van der Waals surface area contributed by atoms with Gasteiger partial charge in [-0.3, -0.25) is 0 Å². The standard InChI is InChI=1S/C22H27N5O3S/c1-3-19(16-25-24-2)26-21(28)27-13-9-18(10-14-27)22(11-4-12-22)31(29,30)20-7-5-17(15-23)6-8-20/h3,5-8,16,18H,2,4,9-14H2,1H3,(H,26,28)/b19-3+,25-16-. The second-order valence-corrected chi connectivity index (χ2v) is 10.2. The number of carbonyl (C=O) groups is 1. The molecule has 164 valence electrons. The monoisotopic (exact) mass is 441 g/mol. The third-order valence-corrected chi connectivity index (χ3v) is 9.10. The van der Waals surface area contributed by atoms with E-state index in [4.69, 9.17) is 5.26 Å². The van der Waals surface area contributed by atoms with E-state index in [0.29, 0.717) is 50.0 Å². The Morgan fingerprint density at radius 3 is 2.42 bits per heavy atom. The molecule has 3 rings (SSSR count). The number of hydrogen-bond acceptors (Lipinski definition) is 6. The van der Waals surface area contributed by atoms with Gasteiger partial charge in [0.15, 0.2) is 9.84 Å². The number of carbonyl (C=O) groups excluding carboxylic acids is 1. The van der Waals surface area contributed by atoms with Crippen molar-refractivity contribution in [3.05, 3.63) is 41.6 Å². The van der Waals surface area contributed by atoms with Crippen LogP contribution in [0.4, 0.5) is 4.79 Å². The molecule has 2 fully saturated rings. The third-order valence-electron chi connectivity index (χ3n) is 6.40. The molecule has 1 aliphatic heterocycles. The lowest BCUT2D eigenvalue weighted by molar-refractivity contribution is 0.132. The Morgan fingerprint density at radius 2 is 1.94 bits per heavy atom. The van der Waals surface area contributed by atoms with E-state index in [1.807, 2.05) is 6.07 Å². The summed E-state index contributed by atoms with van der Waals surface area (Å²) in [7, 11) is -3.53. The van der Waals surface area contributed by atoms with Gasteiger partial charge in [-0.2, -0.15) is 15.5 Å². The zero-order chi connectivity index (χ0) is 22.5. The second kappa shape index (κ2) is 9.43. The van der Waals surface area contributed by atoms with Gasteiger partial charge >= 0.3 is 6.03 Å². The van der Waals surface area contributed by atoms with Gasteiger partial charge in [0.25, 0.3) is 0 Å². The summed E-state index contributed by atoms with van der Waals surface area (Å²) < 4.78 is 26.3. The quantitative estimate of drug-likeness (QED) is 0.539. The summed E-state index contributed by atoms with van der Waals surface area (Å²) in [5, 5.41) is 18.8. The summed E-state index contributed by atoms with van der Waals surface area (Å²) in [5.74, 6) is -0.00124. The minimum Gasteiger partial charge on any atom is -0.325 e. The van der Waals surface area contributed by atoms with Crippen LogP contribution >= 0.6 is 0 Å². The predicted octanol–water partition coefficient (Wildman–Crippen LogP) is 3.27. The number of urea groups is 1. The van der Waals surface area contributed by atoms with Crippen LogP contribution in [0.15, 0.2) is 51.1 Å². The van der Waals surface area contributed by atoms with Crippen LogP contribution < -0.4 is 5.32 Å². The second-order valence-electron chi connectivity index (χ2n) is 7.88. The van der Waals surface area contributed by atoms with Crippen molar-refractivity contribution >= 4 is 28.8 Å². The van der Waals surface area contributed by atoms with Crippen molar-refractivity contribution in [3.63, 3.8) is 0 Å². The molecule has 1 aliphatic carbocycles. The molecule has 0 spiro atoms. The minimum absolute atomic E-state index is 0.00124. The normalized spacial score (nSPS) is 19.5. The number of hydrogen-bond donors (Lipinski definition) is 1. The van der Waals surface area contributed by atoms with E-state index in [1.54, 1.807) is 30.0 Å². The fourth-order valence-electron chi connectivity index (χ4n) is 4.46. The number of allylic oxidation sites excluding steroid dienone is 2. The Morgan fingerprint density at radius 1 is 1.29 bits per heavy atom. The molecule has 8 nitrogen and oxygen atoms in total. The Labute approximate surface area is 183 Å². The summed E-state index contributed by atoms with van der Waals surface area (Å²) in [6.45, 7) is 6.04. The average molecular weight is 442 g/mol. The average Bonchev–Trinajstić information content (AvgIpc) is 2.76. The largest absolute Gasteiger partial charge is 0.325 e. The van der Waals surface area contributed by atoms with Gasteiger partial charge < -0.3 is 10.2 Å². The number of nitrogens with one attached hydrogen (secondary N) is 1. The van der Waals surface area contributed by atoms with Crippen LogP contribution in [0.25, 0.3) is 0 Å². The van der Waals surface area contributed by atoms with Gasteiger partial charge in [-0.05, 0) is 62.8 Å². The molecule has 1 heterocycles. The first-order valence-corrected chi connectivity index (χ1v) is 11.8. The fourth-order valence-corrected chi connectivity index (χ4v) is 6.92. The number of nitriles is 1. The highest BCUT2D eigenvalue weighted by molar-refractivity contribution is 7.93. The van der Waals surface area contributed by atoms with E-state index >= 15 is 0 Å². The summed E-state index contributed by atoms with van der Waals surface area (Å²) in [4.78, 5) is 14.6. The highest BCUT2D eigenvalue weighted by Crippen LogP contribution is 2.51. The van der Waals surface area contributed by atoms with Crippen molar-refractivity contribution in [2.75, 3.05) is 13.1 Å². The Bertz CT molecular complexity index is 1030. The Hall–Kier alpha value is -2.99. The van der Waals surface area contributed by atoms with Crippen LogP contribution in [0, 0.1) is 17.2 Å². The first kappa shape index (κ1) is 22.7. The van der Waals surface area contributed by atoms with Crippen LogP contribution in [-0.4, -0.2) is 50.1 Å². The van der Waals surface area contributed by atoms with Gasteiger partial charge in [0, 0.05) is 19.8 Å². The molecule has 9 heteroatoms. The molecule has 0 unspecified atom stereocenters. The minimum atomic E-state index is -3.53. The van der Waals surface area contributed by atoms with Crippen molar-refractivity contribution < 1.29 is 13.2 Å². The van der Waals surface area contributed by atoms with E-state index in [1.165, 1.54) is 18.3 Å². The lowest BCUT2D eigenvalue weighted by Gasteiger charge is -2.49. The zero-order valence-corrected chi connectivity index (χ0v) is 18.4. The SMILES string of the molecule is C=N/N=C\C(=C/C)NC(=O)N1CCC(C2(S(=O)(=O)c3ccc(C#N)cc3)CCC2)CC1. The van der Waals surface area contributed by atoms with Gasteiger partial charge in [0.2, 0.25) is 0 Å². The van der Waals surface area contributed by atoms with Crippen LogP contribution in [0.5, 0.6) is 0 Å². The van der Waals surface area contributed by atoms with Crippen LogP contribution in [0.1, 0.15) is 44.6 Å². The van der Waals surface area contributed by atoms with Gasteiger partial charge in [-0.1, -0.05) is 12.5 Å². The lowest BCUT2D eigenvalue weighted by atomic mass is 9.71. The molecule has 0 bridgehead atoms. The van der Waals surface area contributed by atoms with Gasteiger partial charge in [0.1, 0.15) is 0 Å². The third kappa shape index (κ3) is 4.39. The van der Waals surface area contributed by atoms with E-state index in [-0.39, 0.29) is 16.8 Å². The van der Waals surface area contributed by atoms with Gasteiger partial charge in [-0.15, -0.1) is 0 Å². The van der Waals surface area contributed by atoms with Gasteiger partial charge in [-0.25, -0.2) is 13.2 Å². The maximum absolute atomic E-state index is 13.5. The molecule has 1 saturated carbocycles. The molecule has 0 aromatic heterocycles. The van der Waals surface area contributed by atoms with E-state index in [2.05, 4.69) is 22.2 Å². The van der Waals surface area contributed by atoms with Crippen molar-refractivity contribution in [1.82, 2.24) is 10.2 Å². The first-order chi connectivity index (χ1) is 14.9. The smallest absolute Gasteiger partial charge is 0.321 e. The predicted molar refractivity (Wildman–Crippen MR) is 120 cm³/mol. The summed E-state index contributed by atoms with van der Waals surface area (Å²) in [6.07, 6.45) is 6.57. The first-order valence-electron chi connectivity index (χ1n) is 10.3. The number of sulfone groups is 1. The van der Waals surface area contributed by atoms with Crippen molar-refractivity contribution in [2.45, 2.75) is 48.7 Å². The maximum Gasteiger partial charge on any atom is 0.321 e.